The van der Waals surface area contributed by atoms with E-state index in [-0.39, 0.29) is 11.9 Å². The third-order valence-corrected chi connectivity index (χ3v) is 3.24. The van der Waals surface area contributed by atoms with Crippen LogP contribution in [0.5, 0.6) is 0 Å². The van der Waals surface area contributed by atoms with Crippen molar-refractivity contribution in [2.75, 3.05) is 0 Å². The first kappa shape index (κ1) is 7.80. The van der Waals surface area contributed by atoms with E-state index in [0.717, 1.165) is 6.42 Å². The van der Waals surface area contributed by atoms with Gasteiger partial charge in [-0.15, -0.1) is 0 Å². The monoisotopic (exact) mass is 167 g/mol. The SMILES string of the molecule is C[C@@H]1[C@H](C(=O)ON)[C@@H]2C=C[C@H]1C2. The molecule has 0 aromatic heterocycles. The van der Waals surface area contributed by atoms with Gasteiger partial charge in [0.2, 0.25) is 0 Å². The van der Waals surface area contributed by atoms with Crippen molar-refractivity contribution in [1.29, 1.82) is 0 Å². The molecule has 0 aromatic carbocycles. The van der Waals surface area contributed by atoms with Crippen molar-refractivity contribution in [3.63, 3.8) is 0 Å². The number of carbonyl (C=O) groups is 1. The summed E-state index contributed by atoms with van der Waals surface area (Å²) >= 11 is 0. The third-order valence-electron chi connectivity index (χ3n) is 3.24. The molecule has 0 saturated heterocycles. The van der Waals surface area contributed by atoms with Crippen molar-refractivity contribution in [2.45, 2.75) is 13.3 Å². The topological polar surface area (TPSA) is 52.3 Å². The second kappa shape index (κ2) is 2.59. The Hall–Kier alpha value is -0.830. The minimum Gasteiger partial charge on any atom is -0.373 e. The molecule has 2 aliphatic rings. The first-order valence-corrected chi connectivity index (χ1v) is 4.33. The zero-order chi connectivity index (χ0) is 8.72. The first-order chi connectivity index (χ1) is 5.74. The van der Waals surface area contributed by atoms with Gasteiger partial charge in [0.25, 0.3) is 0 Å². The molecule has 2 rings (SSSR count). The van der Waals surface area contributed by atoms with Crippen LogP contribution in [-0.2, 0) is 9.63 Å². The fraction of sp³-hybridized carbons (Fsp3) is 0.667. The average molecular weight is 167 g/mol. The molecule has 2 N–H and O–H groups in total. The van der Waals surface area contributed by atoms with Crippen LogP contribution in [0.2, 0.25) is 0 Å². The van der Waals surface area contributed by atoms with E-state index in [4.69, 9.17) is 5.90 Å². The van der Waals surface area contributed by atoms with Gasteiger partial charge >= 0.3 is 5.97 Å². The fourth-order valence-corrected chi connectivity index (χ4v) is 2.54. The molecule has 0 spiro atoms. The lowest BCUT2D eigenvalue weighted by molar-refractivity contribution is -0.151. The quantitative estimate of drug-likeness (QED) is 0.465. The highest BCUT2D eigenvalue weighted by Gasteiger charge is 2.46. The maximum absolute atomic E-state index is 11.2. The molecule has 0 unspecified atom stereocenters. The predicted octanol–water partition coefficient (Wildman–Crippen LogP) is 0.862. The van der Waals surface area contributed by atoms with Gasteiger partial charge < -0.3 is 4.84 Å². The van der Waals surface area contributed by atoms with E-state index in [2.05, 4.69) is 23.9 Å². The van der Waals surface area contributed by atoms with Crippen molar-refractivity contribution in [3.05, 3.63) is 12.2 Å². The fourth-order valence-electron chi connectivity index (χ4n) is 2.54. The Balaban J connectivity index is 2.18. The highest BCUT2D eigenvalue weighted by atomic mass is 16.7. The van der Waals surface area contributed by atoms with E-state index in [9.17, 15) is 4.79 Å². The highest BCUT2D eigenvalue weighted by molar-refractivity contribution is 5.74. The Morgan fingerprint density at radius 1 is 1.50 bits per heavy atom. The number of allylic oxidation sites excluding steroid dienone is 2. The summed E-state index contributed by atoms with van der Waals surface area (Å²) in [5.74, 6) is 5.97. The number of nitrogens with two attached hydrogens (primary N) is 1. The summed E-state index contributed by atoms with van der Waals surface area (Å²) in [4.78, 5) is 15.5. The Morgan fingerprint density at radius 3 is 2.67 bits per heavy atom. The number of rotatable bonds is 1. The molecule has 2 bridgehead atoms. The van der Waals surface area contributed by atoms with Crippen molar-refractivity contribution < 1.29 is 9.63 Å². The standard InChI is InChI=1S/C9H13NO2/c1-5-6-2-3-7(4-6)8(5)9(11)12-10/h2-3,5-8H,4,10H2,1H3/t5-,6-,7+,8-/m0/s1. The molecule has 0 heterocycles. The van der Waals surface area contributed by atoms with Crippen LogP contribution in [0.15, 0.2) is 12.2 Å². The van der Waals surface area contributed by atoms with E-state index >= 15 is 0 Å². The number of carbonyl (C=O) groups excluding carboxylic acids is 1. The van der Waals surface area contributed by atoms with Crippen LogP contribution in [0.4, 0.5) is 0 Å². The number of hydrogen-bond donors (Lipinski definition) is 1. The summed E-state index contributed by atoms with van der Waals surface area (Å²) in [7, 11) is 0. The average Bonchev–Trinajstić information content (AvgIpc) is 2.63. The van der Waals surface area contributed by atoms with E-state index in [1.165, 1.54) is 0 Å². The van der Waals surface area contributed by atoms with Gasteiger partial charge in [-0.2, -0.15) is 5.90 Å². The molecule has 3 heteroatoms. The van der Waals surface area contributed by atoms with Crippen LogP contribution >= 0.6 is 0 Å². The minimum atomic E-state index is -0.251. The zero-order valence-corrected chi connectivity index (χ0v) is 7.07. The smallest absolute Gasteiger partial charge is 0.328 e. The molecular weight excluding hydrogens is 154 g/mol. The highest BCUT2D eigenvalue weighted by Crippen LogP contribution is 2.47. The summed E-state index contributed by atoms with van der Waals surface area (Å²) < 4.78 is 0. The number of fused-ring (bicyclic) bond motifs is 2. The maximum atomic E-state index is 11.2. The van der Waals surface area contributed by atoms with Gasteiger partial charge in [0, 0.05) is 0 Å². The van der Waals surface area contributed by atoms with Gasteiger partial charge in [0.15, 0.2) is 0 Å². The van der Waals surface area contributed by atoms with Crippen LogP contribution in [0.1, 0.15) is 13.3 Å². The lowest BCUT2D eigenvalue weighted by atomic mass is 9.85. The minimum absolute atomic E-state index is 0.00463. The van der Waals surface area contributed by atoms with Gasteiger partial charge in [-0.05, 0) is 24.2 Å². The molecule has 2 aliphatic carbocycles. The summed E-state index contributed by atoms with van der Waals surface area (Å²) in [5, 5.41) is 0. The largest absolute Gasteiger partial charge is 0.373 e. The van der Waals surface area contributed by atoms with Crippen LogP contribution < -0.4 is 5.90 Å². The maximum Gasteiger partial charge on any atom is 0.328 e. The summed E-state index contributed by atoms with van der Waals surface area (Å²) in [6.07, 6.45) is 5.42. The molecule has 0 amide bonds. The Morgan fingerprint density at radius 2 is 2.17 bits per heavy atom. The van der Waals surface area contributed by atoms with Gasteiger partial charge in [-0.3, -0.25) is 4.79 Å². The van der Waals surface area contributed by atoms with E-state index in [0.29, 0.717) is 17.8 Å². The van der Waals surface area contributed by atoms with Crippen molar-refractivity contribution in [2.24, 2.45) is 29.6 Å². The molecular formula is C9H13NO2. The van der Waals surface area contributed by atoms with E-state index in [1.54, 1.807) is 0 Å². The van der Waals surface area contributed by atoms with Crippen molar-refractivity contribution in [1.82, 2.24) is 0 Å². The molecule has 3 nitrogen and oxygen atoms in total. The van der Waals surface area contributed by atoms with Crippen LogP contribution in [0.3, 0.4) is 0 Å². The van der Waals surface area contributed by atoms with Gasteiger partial charge in [-0.1, -0.05) is 19.1 Å². The Bertz CT molecular complexity index is 237. The second-order valence-electron chi connectivity index (χ2n) is 3.77. The third kappa shape index (κ3) is 0.894. The summed E-state index contributed by atoms with van der Waals surface area (Å²) in [5.41, 5.74) is 0. The van der Waals surface area contributed by atoms with E-state index in [1.807, 2.05) is 0 Å². The second-order valence-corrected chi connectivity index (χ2v) is 3.77. The summed E-state index contributed by atoms with van der Waals surface area (Å²) in [6, 6.07) is 0. The van der Waals surface area contributed by atoms with Gasteiger partial charge in [0.1, 0.15) is 0 Å². The van der Waals surface area contributed by atoms with Gasteiger partial charge in [-0.25, -0.2) is 0 Å². The van der Waals surface area contributed by atoms with Crippen LogP contribution in [0, 0.1) is 23.7 Å². The van der Waals surface area contributed by atoms with Crippen LogP contribution in [-0.4, -0.2) is 5.97 Å². The van der Waals surface area contributed by atoms with Crippen molar-refractivity contribution >= 4 is 5.97 Å². The molecule has 66 valence electrons. The van der Waals surface area contributed by atoms with Crippen molar-refractivity contribution in [3.8, 4) is 0 Å². The normalized spacial score (nSPS) is 43.5. The Kier molecular flexibility index (Phi) is 1.68. The van der Waals surface area contributed by atoms with Gasteiger partial charge in [0.05, 0.1) is 5.92 Å². The molecule has 12 heavy (non-hydrogen) atoms. The molecule has 0 aromatic rings. The molecule has 1 fully saturated rings. The first-order valence-electron chi connectivity index (χ1n) is 4.33. The predicted molar refractivity (Wildman–Crippen MR) is 43.7 cm³/mol. The molecule has 0 radical (unpaired) electrons. The Labute approximate surface area is 71.5 Å². The zero-order valence-electron chi connectivity index (χ0n) is 7.07. The summed E-state index contributed by atoms with van der Waals surface area (Å²) in [6.45, 7) is 2.09. The lowest BCUT2D eigenvalue weighted by Gasteiger charge is -2.21. The number of hydrogen-bond acceptors (Lipinski definition) is 3. The molecule has 4 atom stereocenters. The van der Waals surface area contributed by atoms with Crippen LogP contribution in [0.25, 0.3) is 0 Å². The molecule has 1 saturated carbocycles. The molecule has 0 aliphatic heterocycles. The lowest BCUT2D eigenvalue weighted by Crippen LogP contribution is -2.29. The van der Waals surface area contributed by atoms with E-state index < -0.39 is 0 Å².